The van der Waals surface area contributed by atoms with Crippen molar-refractivity contribution in [3.63, 3.8) is 0 Å². The quantitative estimate of drug-likeness (QED) is 0.504. The third kappa shape index (κ3) is 3.45. The highest BCUT2D eigenvalue weighted by molar-refractivity contribution is 5.88. The fourth-order valence-corrected chi connectivity index (χ4v) is 2.55. The van der Waals surface area contributed by atoms with E-state index in [9.17, 15) is 4.79 Å². The summed E-state index contributed by atoms with van der Waals surface area (Å²) in [4.78, 5) is 16.7. The van der Waals surface area contributed by atoms with E-state index in [0.717, 1.165) is 11.3 Å². The van der Waals surface area contributed by atoms with Crippen molar-refractivity contribution >= 4 is 5.97 Å². The Bertz CT molecular complexity index is 1060. The summed E-state index contributed by atoms with van der Waals surface area (Å²) in [6, 6.07) is 18.7. The molecule has 0 saturated carbocycles. The van der Waals surface area contributed by atoms with Crippen LogP contribution in [-0.2, 0) is 11.3 Å². The van der Waals surface area contributed by atoms with Crippen LogP contribution in [0.1, 0.15) is 22.1 Å². The van der Waals surface area contributed by atoms with E-state index in [2.05, 4.69) is 20.5 Å². The number of ether oxygens (including phenoxy) is 1. The molecule has 134 valence electrons. The van der Waals surface area contributed by atoms with Crippen LogP contribution in [0, 0.1) is 6.92 Å². The van der Waals surface area contributed by atoms with Crippen molar-refractivity contribution in [2.75, 3.05) is 0 Å². The lowest BCUT2D eigenvalue weighted by molar-refractivity contribution is 0.0451. The first kappa shape index (κ1) is 16.6. The van der Waals surface area contributed by atoms with Crippen LogP contribution in [0.3, 0.4) is 0 Å². The Labute approximate surface area is 154 Å². The van der Waals surface area contributed by atoms with Gasteiger partial charge in [-0.3, -0.25) is 0 Å². The fourth-order valence-electron chi connectivity index (χ4n) is 2.55. The molecule has 0 aliphatic carbocycles. The summed E-state index contributed by atoms with van der Waals surface area (Å²) in [6.45, 7) is 1.58. The molecule has 0 radical (unpaired) electrons. The largest absolute Gasteiger partial charge is 0.453 e. The molecule has 0 atom stereocenters. The highest BCUT2D eigenvalue weighted by atomic mass is 16.5. The molecular formula is C19H15N5O3. The van der Waals surface area contributed by atoms with E-state index >= 15 is 0 Å². The van der Waals surface area contributed by atoms with E-state index in [1.54, 1.807) is 6.92 Å². The second-order valence-electron chi connectivity index (χ2n) is 5.71. The number of tetrazole rings is 1. The van der Waals surface area contributed by atoms with Crippen molar-refractivity contribution in [1.82, 2.24) is 25.2 Å². The molecule has 0 aliphatic rings. The number of nitrogens with zero attached hydrogens (tertiary/aromatic N) is 5. The Balaban J connectivity index is 1.50. The molecule has 8 heteroatoms. The minimum absolute atomic E-state index is 0.0896. The lowest BCUT2D eigenvalue weighted by Crippen LogP contribution is -2.11. The van der Waals surface area contributed by atoms with Crippen LogP contribution in [0.15, 0.2) is 65.1 Å². The molecule has 27 heavy (non-hydrogen) atoms. The van der Waals surface area contributed by atoms with Gasteiger partial charge < -0.3 is 9.15 Å². The molecule has 0 aliphatic heterocycles. The second-order valence-corrected chi connectivity index (χ2v) is 5.71. The van der Waals surface area contributed by atoms with Gasteiger partial charge in [-0.15, -0.1) is 5.10 Å². The molecule has 8 nitrogen and oxygen atoms in total. The monoisotopic (exact) mass is 361 g/mol. The van der Waals surface area contributed by atoms with Gasteiger partial charge in [-0.25, -0.2) is 9.78 Å². The van der Waals surface area contributed by atoms with Gasteiger partial charge in [0.15, 0.2) is 18.1 Å². The number of benzene rings is 2. The lowest BCUT2D eigenvalue weighted by atomic mass is 10.2. The molecular weight excluding hydrogens is 346 g/mol. The number of oxazole rings is 1. The van der Waals surface area contributed by atoms with Gasteiger partial charge in [0.2, 0.25) is 5.89 Å². The first-order valence-electron chi connectivity index (χ1n) is 8.25. The Morgan fingerprint density at radius 2 is 1.78 bits per heavy atom. The van der Waals surface area contributed by atoms with Crippen molar-refractivity contribution < 1.29 is 13.9 Å². The summed E-state index contributed by atoms with van der Waals surface area (Å²) in [5.41, 5.74) is 1.69. The highest BCUT2D eigenvalue weighted by Gasteiger charge is 2.20. The molecule has 2 aromatic carbocycles. The number of hydrogen-bond acceptors (Lipinski definition) is 7. The molecule has 0 saturated heterocycles. The van der Waals surface area contributed by atoms with Gasteiger partial charge in [0, 0.05) is 5.56 Å². The van der Waals surface area contributed by atoms with Crippen LogP contribution in [0.2, 0.25) is 0 Å². The van der Waals surface area contributed by atoms with Crippen LogP contribution in [0.25, 0.3) is 17.1 Å². The van der Waals surface area contributed by atoms with E-state index < -0.39 is 5.97 Å². The number of esters is 1. The molecule has 0 N–H and O–H groups in total. The molecule has 2 heterocycles. The average molecular weight is 361 g/mol. The number of para-hydroxylation sites is 1. The third-order valence-electron chi connectivity index (χ3n) is 3.88. The maximum absolute atomic E-state index is 12.4. The summed E-state index contributed by atoms with van der Waals surface area (Å²) in [5, 5.41) is 11.5. The maximum Gasteiger partial charge on any atom is 0.361 e. The van der Waals surface area contributed by atoms with Crippen molar-refractivity contribution in [1.29, 1.82) is 0 Å². The van der Waals surface area contributed by atoms with Crippen molar-refractivity contribution in [3.05, 3.63) is 77.9 Å². The van der Waals surface area contributed by atoms with Crippen LogP contribution >= 0.6 is 0 Å². The van der Waals surface area contributed by atoms with Gasteiger partial charge in [0.25, 0.3) is 0 Å². The highest BCUT2D eigenvalue weighted by Crippen LogP contribution is 2.22. The number of carbonyl (C=O) groups is 1. The van der Waals surface area contributed by atoms with Crippen molar-refractivity contribution in [3.8, 4) is 17.1 Å². The zero-order valence-corrected chi connectivity index (χ0v) is 14.4. The fraction of sp³-hybridized carbons (Fsp3) is 0.105. The normalized spacial score (nSPS) is 10.7. The first-order chi connectivity index (χ1) is 13.2. The summed E-state index contributed by atoms with van der Waals surface area (Å²) < 4.78 is 12.4. The zero-order valence-electron chi connectivity index (χ0n) is 14.4. The minimum Gasteiger partial charge on any atom is -0.453 e. The van der Waals surface area contributed by atoms with Crippen LogP contribution < -0.4 is 0 Å². The predicted molar refractivity (Wildman–Crippen MR) is 94.9 cm³/mol. The van der Waals surface area contributed by atoms with Gasteiger partial charge in [0.05, 0.1) is 5.69 Å². The number of aromatic nitrogens is 5. The molecule has 0 bridgehead atoms. The Hall–Kier alpha value is -3.81. The second kappa shape index (κ2) is 7.20. The van der Waals surface area contributed by atoms with Gasteiger partial charge >= 0.3 is 5.97 Å². The summed E-state index contributed by atoms with van der Waals surface area (Å²) in [6.07, 6.45) is 0. The van der Waals surface area contributed by atoms with Gasteiger partial charge in [-0.05, 0) is 41.6 Å². The van der Waals surface area contributed by atoms with Crippen LogP contribution in [0.5, 0.6) is 0 Å². The van der Waals surface area contributed by atoms with Crippen molar-refractivity contribution in [2.24, 2.45) is 0 Å². The molecule has 4 rings (SSSR count). The molecule has 2 aromatic heterocycles. The molecule has 0 amide bonds. The maximum atomic E-state index is 12.4. The van der Waals surface area contributed by atoms with Gasteiger partial charge in [-0.2, -0.15) is 4.68 Å². The lowest BCUT2D eigenvalue weighted by Gasteiger charge is -2.05. The molecule has 0 unspecified atom stereocenters. The number of rotatable bonds is 5. The first-order valence-corrected chi connectivity index (χ1v) is 8.25. The van der Waals surface area contributed by atoms with Gasteiger partial charge in [0.1, 0.15) is 5.76 Å². The number of aryl methyl sites for hydroxylation is 1. The van der Waals surface area contributed by atoms with E-state index in [-0.39, 0.29) is 12.3 Å². The number of carbonyl (C=O) groups excluding carboxylic acids is 1. The Kier molecular flexibility index (Phi) is 4.44. The minimum atomic E-state index is -0.596. The average Bonchev–Trinajstić information content (AvgIpc) is 3.34. The summed E-state index contributed by atoms with van der Waals surface area (Å²) in [7, 11) is 0. The SMILES string of the molecule is Cc1oc(-c2ccccc2)nc1C(=O)OCc1nnnn1-c1ccccc1. The van der Waals surface area contributed by atoms with Crippen LogP contribution in [0.4, 0.5) is 0 Å². The van der Waals surface area contributed by atoms with E-state index in [4.69, 9.17) is 9.15 Å². The number of hydrogen-bond donors (Lipinski definition) is 0. The van der Waals surface area contributed by atoms with Crippen molar-refractivity contribution in [2.45, 2.75) is 13.5 Å². The van der Waals surface area contributed by atoms with Crippen LogP contribution in [-0.4, -0.2) is 31.2 Å². The topological polar surface area (TPSA) is 95.9 Å². The zero-order chi connectivity index (χ0) is 18.6. The molecule has 0 spiro atoms. The molecule has 4 aromatic rings. The Morgan fingerprint density at radius 3 is 2.52 bits per heavy atom. The Morgan fingerprint density at radius 1 is 1.07 bits per heavy atom. The van der Waals surface area contributed by atoms with E-state index in [1.165, 1.54) is 4.68 Å². The van der Waals surface area contributed by atoms with E-state index in [1.807, 2.05) is 60.7 Å². The predicted octanol–water partition coefficient (Wildman–Crippen LogP) is 2.98. The van der Waals surface area contributed by atoms with Gasteiger partial charge in [-0.1, -0.05) is 36.4 Å². The standard InChI is InChI=1S/C19H15N5O3/c1-13-17(20-18(27-13)14-8-4-2-5-9-14)19(25)26-12-16-21-22-23-24(16)15-10-6-3-7-11-15/h2-11H,12H2,1H3. The third-order valence-corrected chi connectivity index (χ3v) is 3.88. The summed E-state index contributed by atoms with van der Waals surface area (Å²) in [5.74, 6) is 0.565. The summed E-state index contributed by atoms with van der Waals surface area (Å²) >= 11 is 0. The van der Waals surface area contributed by atoms with E-state index in [0.29, 0.717) is 17.5 Å². The smallest absolute Gasteiger partial charge is 0.361 e. The molecule has 0 fully saturated rings.